The minimum absolute atomic E-state index is 0.0799. The highest BCUT2D eigenvalue weighted by Crippen LogP contribution is 2.28. The van der Waals surface area contributed by atoms with E-state index in [4.69, 9.17) is 0 Å². The van der Waals surface area contributed by atoms with Crippen molar-refractivity contribution in [1.29, 1.82) is 0 Å². The van der Waals surface area contributed by atoms with Gasteiger partial charge in [0.2, 0.25) is 5.82 Å². The largest absolute Gasteiger partial charge is 0.383 e. The molecule has 2 aromatic heterocycles. The number of amides is 2. The molecule has 0 unspecified atom stereocenters. The molecule has 2 aromatic carbocycles. The summed E-state index contributed by atoms with van der Waals surface area (Å²) in [7, 11) is 1.53. The monoisotopic (exact) mass is 491 g/mol. The van der Waals surface area contributed by atoms with Gasteiger partial charge in [-0.2, -0.15) is 0 Å². The highest BCUT2D eigenvalue weighted by atomic mass is 32.1. The van der Waals surface area contributed by atoms with Crippen LogP contribution in [0.1, 0.15) is 42.5 Å². The highest BCUT2D eigenvalue weighted by Gasteiger charge is 2.33. The van der Waals surface area contributed by atoms with Crippen molar-refractivity contribution < 1.29 is 9.59 Å². The second kappa shape index (κ2) is 8.27. The van der Waals surface area contributed by atoms with Gasteiger partial charge in [-0.25, -0.2) is 4.98 Å². The zero-order valence-corrected chi connectivity index (χ0v) is 20.0. The van der Waals surface area contributed by atoms with Gasteiger partial charge in [0.25, 0.3) is 28.2 Å². The Kier molecular flexibility index (Phi) is 5.36. The molecule has 3 heterocycles. The molecule has 0 fully saturated rings. The highest BCUT2D eigenvalue weighted by molar-refractivity contribution is 7.18. The first-order valence-corrected chi connectivity index (χ1v) is 11.8. The smallest absolute Gasteiger partial charge is 0.287 e. The van der Waals surface area contributed by atoms with E-state index in [-0.39, 0.29) is 35.2 Å². The number of thiophene rings is 1. The number of aromatic nitrogens is 2. The number of anilines is 2. The zero-order valence-electron chi connectivity index (χ0n) is 19.2. The Labute approximate surface area is 202 Å². The fraction of sp³-hybridized carbons (Fsp3) is 0.250. The summed E-state index contributed by atoms with van der Waals surface area (Å²) in [5.41, 5.74) is 1.32. The van der Waals surface area contributed by atoms with Crippen molar-refractivity contribution in [2.75, 3.05) is 23.8 Å². The Hall–Kier alpha value is -4.12. The lowest BCUT2D eigenvalue weighted by atomic mass is 9.95. The number of hydrogen-bond acceptors (Lipinski definition) is 8. The van der Waals surface area contributed by atoms with Crippen LogP contribution >= 0.6 is 11.3 Å². The second-order valence-corrected chi connectivity index (χ2v) is 9.59. The van der Waals surface area contributed by atoms with Gasteiger partial charge in [0, 0.05) is 30.6 Å². The van der Waals surface area contributed by atoms with E-state index in [9.17, 15) is 24.0 Å². The van der Waals surface area contributed by atoms with Crippen molar-refractivity contribution in [2.45, 2.75) is 26.8 Å². The zero-order chi connectivity index (χ0) is 25.0. The van der Waals surface area contributed by atoms with E-state index >= 15 is 0 Å². The molecule has 3 N–H and O–H groups in total. The van der Waals surface area contributed by atoms with Crippen molar-refractivity contribution in [3.8, 4) is 0 Å². The fourth-order valence-electron chi connectivity index (χ4n) is 4.34. The van der Waals surface area contributed by atoms with Crippen LogP contribution < -0.4 is 32.0 Å². The Bertz CT molecular complexity index is 1670. The predicted octanol–water partition coefficient (Wildman–Crippen LogP) is 1.37. The topological polar surface area (TPSA) is 141 Å². The maximum absolute atomic E-state index is 13.1. The van der Waals surface area contributed by atoms with E-state index in [1.54, 1.807) is 6.07 Å². The first-order chi connectivity index (χ1) is 16.7. The molecule has 1 aliphatic heterocycles. The standard InChI is InChI=1S/C24H21N5O5S/c1-10-11(2)35-23-15(10)21(32)27-20(28-23)22(33)26-9-12-4-5-13-6-7-29(24(34)14(13)8-12)17-16(25-3)18(30)19(17)31/h4-5,8,25H,6-7,9H2,1-3H3,(H,26,33)(H,27,28,32). The molecule has 2 amide bonds. The third-order valence-corrected chi connectivity index (χ3v) is 7.47. The number of rotatable bonds is 5. The summed E-state index contributed by atoms with van der Waals surface area (Å²) in [5, 5.41) is 5.91. The van der Waals surface area contributed by atoms with Crippen LogP contribution in [0.25, 0.3) is 10.2 Å². The molecule has 4 aromatic rings. The number of H-pyrrole nitrogens is 1. The maximum Gasteiger partial charge on any atom is 0.287 e. The molecule has 0 spiro atoms. The first-order valence-electron chi connectivity index (χ1n) is 10.9. The molecule has 10 nitrogen and oxygen atoms in total. The van der Waals surface area contributed by atoms with E-state index < -0.39 is 16.8 Å². The van der Waals surface area contributed by atoms with Gasteiger partial charge >= 0.3 is 0 Å². The molecule has 1 aliphatic rings. The molecule has 0 aliphatic carbocycles. The van der Waals surface area contributed by atoms with Crippen molar-refractivity contribution in [1.82, 2.24) is 15.3 Å². The van der Waals surface area contributed by atoms with E-state index in [0.29, 0.717) is 34.3 Å². The Balaban J connectivity index is 1.36. The molecule has 11 heteroatoms. The van der Waals surface area contributed by atoms with Crippen LogP contribution in [0, 0.1) is 13.8 Å². The number of carbonyl (C=O) groups is 2. The van der Waals surface area contributed by atoms with Crippen LogP contribution in [0.5, 0.6) is 0 Å². The lowest BCUT2D eigenvalue weighted by Gasteiger charge is -2.30. The van der Waals surface area contributed by atoms with Crippen LogP contribution in [-0.2, 0) is 13.0 Å². The number of carbonyl (C=O) groups excluding carboxylic acids is 2. The second-order valence-electron chi connectivity index (χ2n) is 8.39. The Morgan fingerprint density at radius 3 is 2.69 bits per heavy atom. The fourth-order valence-corrected chi connectivity index (χ4v) is 5.37. The Morgan fingerprint density at radius 1 is 1.17 bits per heavy atom. The van der Waals surface area contributed by atoms with Crippen molar-refractivity contribution in [2.24, 2.45) is 0 Å². The molecule has 35 heavy (non-hydrogen) atoms. The van der Waals surface area contributed by atoms with Gasteiger partial charge in [0.05, 0.1) is 5.39 Å². The minimum atomic E-state index is -0.677. The van der Waals surface area contributed by atoms with Gasteiger partial charge in [-0.05, 0) is 43.0 Å². The lowest BCUT2D eigenvalue weighted by molar-refractivity contribution is 0.0940. The lowest BCUT2D eigenvalue weighted by Crippen LogP contribution is -2.47. The summed E-state index contributed by atoms with van der Waals surface area (Å²) in [6, 6.07) is 5.29. The molecule has 5 rings (SSSR count). The van der Waals surface area contributed by atoms with Gasteiger partial charge < -0.3 is 20.5 Å². The van der Waals surface area contributed by atoms with Crippen LogP contribution in [-0.4, -0.2) is 35.4 Å². The van der Waals surface area contributed by atoms with Crippen molar-refractivity contribution >= 4 is 44.7 Å². The molecule has 0 radical (unpaired) electrons. The van der Waals surface area contributed by atoms with E-state index in [2.05, 4.69) is 20.6 Å². The van der Waals surface area contributed by atoms with Crippen LogP contribution in [0.2, 0.25) is 0 Å². The third kappa shape index (κ3) is 3.55. The van der Waals surface area contributed by atoms with E-state index in [1.165, 1.54) is 23.3 Å². The normalized spacial score (nSPS) is 13.3. The maximum atomic E-state index is 13.1. The first kappa shape index (κ1) is 22.7. The number of hydrogen-bond donors (Lipinski definition) is 3. The molecule has 0 saturated heterocycles. The molecule has 178 valence electrons. The van der Waals surface area contributed by atoms with Crippen molar-refractivity contribution in [3.63, 3.8) is 0 Å². The van der Waals surface area contributed by atoms with Crippen molar-refractivity contribution in [3.05, 3.63) is 82.0 Å². The summed E-state index contributed by atoms with van der Waals surface area (Å²) in [5.74, 6) is -0.993. The van der Waals surface area contributed by atoms with Gasteiger partial charge in [0.1, 0.15) is 16.2 Å². The molecule has 0 saturated carbocycles. The van der Waals surface area contributed by atoms with Gasteiger partial charge in [-0.15, -0.1) is 11.3 Å². The quantitative estimate of drug-likeness (QED) is 0.358. The van der Waals surface area contributed by atoms with Gasteiger partial charge in [0.15, 0.2) is 0 Å². The number of nitrogens with one attached hydrogen (secondary N) is 3. The average molecular weight is 492 g/mol. The average Bonchev–Trinajstić information content (AvgIpc) is 3.14. The van der Waals surface area contributed by atoms with Crippen LogP contribution in [0.4, 0.5) is 11.4 Å². The third-order valence-electron chi connectivity index (χ3n) is 6.37. The molecular weight excluding hydrogens is 470 g/mol. The number of aromatic amines is 1. The Morgan fingerprint density at radius 2 is 1.94 bits per heavy atom. The number of fused-ring (bicyclic) bond motifs is 2. The summed E-state index contributed by atoms with van der Waals surface area (Å²) >= 11 is 1.36. The summed E-state index contributed by atoms with van der Waals surface area (Å²) in [4.78, 5) is 71.7. The summed E-state index contributed by atoms with van der Waals surface area (Å²) in [6.45, 7) is 4.14. The SMILES string of the molecule is CNc1c(N2CCc3ccc(CNC(=O)c4nc5sc(C)c(C)c5c(=O)[nH]4)cc3C2=O)c(=O)c1=O. The van der Waals surface area contributed by atoms with E-state index in [1.807, 2.05) is 26.0 Å². The van der Waals surface area contributed by atoms with E-state index in [0.717, 1.165) is 16.0 Å². The van der Waals surface area contributed by atoms with Gasteiger partial charge in [-0.3, -0.25) is 24.0 Å². The number of aryl methyl sites for hydroxylation is 2. The van der Waals surface area contributed by atoms with Crippen LogP contribution in [0.15, 0.2) is 32.6 Å². The molecule has 0 bridgehead atoms. The summed E-state index contributed by atoms with van der Waals surface area (Å²) < 4.78 is 0. The molecule has 0 atom stereocenters. The van der Waals surface area contributed by atoms with Crippen LogP contribution in [0.3, 0.4) is 0 Å². The number of benzene rings is 1. The van der Waals surface area contributed by atoms with Gasteiger partial charge in [-0.1, -0.05) is 12.1 Å². The number of nitrogens with zero attached hydrogens (tertiary/aromatic N) is 2. The molecular formula is C24H21N5O5S. The minimum Gasteiger partial charge on any atom is -0.383 e. The predicted molar refractivity (Wildman–Crippen MR) is 134 cm³/mol. The summed E-state index contributed by atoms with van der Waals surface area (Å²) in [6.07, 6.45) is 0.528.